The molecule has 4 aromatic rings. The van der Waals surface area contributed by atoms with Crippen LogP contribution in [0.1, 0.15) is 10.4 Å². The lowest BCUT2D eigenvalue weighted by Crippen LogP contribution is -2.11. The SMILES string of the molecule is COc1ccc(C(=O)Nc2ccc3nn(-c4ccc(F)cc4)nc3c2)cc1Cl. The summed E-state index contributed by atoms with van der Waals surface area (Å²) in [5, 5.41) is 11.9. The van der Waals surface area contributed by atoms with Crippen molar-refractivity contribution in [3.8, 4) is 11.4 Å². The summed E-state index contributed by atoms with van der Waals surface area (Å²) < 4.78 is 18.2. The molecule has 140 valence electrons. The van der Waals surface area contributed by atoms with E-state index in [-0.39, 0.29) is 11.7 Å². The van der Waals surface area contributed by atoms with E-state index >= 15 is 0 Å². The van der Waals surface area contributed by atoms with Crippen molar-refractivity contribution >= 4 is 34.2 Å². The zero-order valence-corrected chi connectivity index (χ0v) is 15.4. The topological polar surface area (TPSA) is 69.0 Å². The first kappa shape index (κ1) is 17.9. The number of benzene rings is 3. The molecule has 1 heterocycles. The Morgan fingerprint density at radius 3 is 2.50 bits per heavy atom. The van der Waals surface area contributed by atoms with Gasteiger partial charge in [-0.2, -0.15) is 4.80 Å². The Balaban J connectivity index is 1.58. The number of hydrogen-bond acceptors (Lipinski definition) is 4. The van der Waals surface area contributed by atoms with Gasteiger partial charge in [-0.3, -0.25) is 4.79 Å². The molecule has 8 heteroatoms. The molecule has 1 aromatic heterocycles. The molecule has 0 atom stereocenters. The second-order valence-corrected chi connectivity index (χ2v) is 6.38. The average molecular weight is 397 g/mol. The fraction of sp³-hybridized carbons (Fsp3) is 0.0500. The lowest BCUT2D eigenvalue weighted by molar-refractivity contribution is 0.102. The Morgan fingerprint density at radius 2 is 1.79 bits per heavy atom. The molecule has 0 saturated heterocycles. The molecule has 0 unspecified atom stereocenters. The van der Waals surface area contributed by atoms with E-state index in [0.29, 0.717) is 38.7 Å². The van der Waals surface area contributed by atoms with Crippen molar-refractivity contribution in [1.82, 2.24) is 15.0 Å². The summed E-state index contributed by atoms with van der Waals surface area (Å²) in [7, 11) is 1.51. The van der Waals surface area contributed by atoms with Crippen molar-refractivity contribution in [2.24, 2.45) is 0 Å². The first-order chi connectivity index (χ1) is 13.5. The monoisotopic (exact) mass is 396 g/mol. The first-order valence-electron chi connectivity index (χ1n) is 8.31. The van der Waals surface area contributed by atoms with Gasteiger partial charge in [-0.05, 0) is 60.7 Å². The van der Waals surface area contributed by atoms with Crippen LogP contribution in [0.3, 0.4) is 0 Å². The molecule has 0 bridgehead atoms. The number of methoxy groups -OCH3 is 1. The maximum atomic E-state index is 13.1. The molecule has 0 radical (unpaired) electrons. The molecular formula is C20H14ClFN4O2. The molecule has 0 aliphatic carbocycles. The van der Waals surface area contributed by atoms with Crippen LogP contribution in [0.15, 0.2) is 60.7 Å². The number of carbonyl (C=O) groups is 1. The van der Waals surface area contributed by atoms with E-state index < -0.39 is 0 Å². The van der Waals surface area contributed by atoms with Crippen LogP contribution in [0.4, 0.5) is 10.1 Å². The molecule has 0 saturated carbocycles. The number of fused-ring (bicyclic) bond motifs is 1. The third kappa shape index (κ3) is 3.52. The average Bonchev–Trinajstić information content (AvgIpc) is 3.11. The fourth-order valence-electron chi connectivity index (χ4n) is 2.69. The van der Waals surface area contributed by atoms with Gasteiger partial charge in [0.25, 0.3) is 5.91 Å². The van der Waals surface area contributed by atoms with Crippen LogP contribution in [-0.2, 0) is 0 Å². The minimum atomic E-state index is -0.330. The minimum Gasteiger partial charge on any atom is -0.495 e. The minimum absolute atomic E-state index is 0.310. The summed E-state index contributed by atoms with van der Waals surface area (Å²) >= 11 is 6.08. The van der Waals surface area contributed by atoms with Gasteiger partial charge in [-0.25, -0.2) is 4.39 Å². The molecule has 6 nitrogen and oxygen atoms in total. The number of ether oxygens (including phenoxy) is 1. The summed E-state index contributed by atoms with van der Waals surface area (Å²) in [4.78, 5) is 13.9. The normalized spacial score (nSPS) is 10.8. The molecule has 0 spiro atoms. The predicted molar refractivity (Wildman–Crippen MR) is 105 cm³/mol. The summed E-state index contributed by atoms with van der Waals surface area (Å²) in [5.41, 5.74) is 2.84. The highest BCUT2D eigenvalue weighted by Gasteiger charge is 2.11. The number of anilines is 1. The van der Waals surface area contributed by atoms with Crippen molar-refractivity contribution in [3.05, 3.63) is 77.1 Å². The van der Waals surface area contributed by atoms with Gasteiger partial charge in [0.1, 0.15) is 22.6 Å². The molecule has 0 fully saturated rings. The number of halogens is 2. The Bertz CT molecular complexity index is 1170. The summed E-state index contributed by atoms with van der Waals surface area (Å²) in [6.07, 6.45) is 0. The van der Waals surface area contributed by atoms with Gasteiger partial charge in [0.2, 0.25) is 0 Å². The number of nitrogens with zero attached hydrogens (tertiary/aromatic N) is 3. The van der Waals surface area contributed by atoms with Gasteiger partial charge in [0, 0.05) is 11.3 Å². The van der Waals surface area contributed by atoms with E-state index in [9.17, 15) is 9.18 Å². The number of rotatable bonds is 4. The van der Waals surface area contributed by atoms with Crippen LogP contribution in [-0.4, -0.2) is 28.0 Å². The van der Waals surface area contributed by atoms with Crippen LogP contribution in [0, 0.1) is 5.82 Å². The van der Waals surface area contributed by atoms with Crippen LogP contribution >= 0.6 is 11.6 Å². The number of carbonyl (C=O) groups excluding carboxylic acids is 1. The van der Waals surface area contributed by atoms with Gasteiger partial charge < -0.3 is 10.1 Å². The van der Waals surface area contributed by atoms with Gasteiger partial charge in [0.05, 0.1) is 17.8 Å². The van der Waals surface area contributed by atoms with E-state index in [1.54, 1.807) is 48.5 Å². The molecule has 4 rings (SSSR count). The zero-order chi connectivity index (χ0) is 19.7. The van der Waals surface area contributed by atoms with Gasteiger partial charge in [-0.15, -0.1) is 10.2 Å². The molecule has 1 N–H and O–H groups in total. The fourth-order valence-corrected chi connectivity index (χ4v) is 2.95. The van der Waals surface area contributed by atoms with E-state index in [1.165, 1.54) is 24.0 Å². The Labute approximate surface area is 164 Å². The molecule has 1 amide bonds. The largest absolute Gasteiger partial charge is 0.495 e. The van der Waals surface area contributed by atoms with E-state index in [2.05, 4.69) is 15.5 Å². The maximum Gasteiger partial charge on any atom is 0.255 e. The van der Waals surface area contributed by atoms with Crippen molar-refractivity contribution in [2.75, 3.05) is 12.4 Å². The number of aromatic nitrogens is 3. The molecular weight excluding hydrogens is 383 g/mol. The van der Waals surface area contributed by atoms with E-state index in [4.69, 9.17) is 16.3 Å². The summed E-state index contributed by atoms with van der Waals surface area (Å²) in [6.45, 7) is 0. The van der Waals surface area contributed by atoms with Crippen molar-refractivity contribution < 1.29 is 13.9 Å². The third-order valence-corrected chi connectivity index (χ3v) is 4.41. The quantitative estimate of drug-likeness (QED) is 0.552. The van der Waals surface area contributed by atoms with E-state index in [1.807, 2.05) is 0 Å². The van der Waals surface area contributed by atoms with Gasteiger partial charge in [0.15, 0.2) is 0 Å². The maximum absolute atomic E-state index is 13.1. The second-order valence-electron chi connectivity index (χ2n) is 5.97. The molecule has 0 aliphatic heterocycles. The van der Waals surface area contributed by atoms with Crippen molar-refractivity contribution in [3.63, 3.8) is 0 Å². The van der Waals surface area contributed by atoms with Crippen LogP contribution < -0.4 is 10.1 Å². The molecule has 28 heavy (non-hydrogen) atoms. The number of amides is 1. The van der Waals surface area contributed by atoms with Crippen molar-refractivity contribution in [1.29, 1.82) is 0 Å². The third-order valence-electron chi connectivity index (χ3n) is 4.11. The lowest BCUT2D eigenvalue weighted by Gasteiger charge is -2.07. The highest BCUT2D eigenvalue weighted by atomic mass is 35.5. The second kappa shape index (κ2) is 7.28. The van der Waals surface area contributed by atoms with Gasteiger partial charge >= 0.3 is 0 Å². The predicted octanol–water partition coefficient (Wildman–Crippen LogP) is 4.47. The summed E-state index contributed by atoms with van der Waals surface area (Å²) in [5.74, 6) is -0.143. The molecule has 3 aromatic carbocycles. The lowest BCUT2D eigenvalue weighted by atomic mass is 10.2. The number of nitrogens with one attached hydrogen (secondary N) is 1. The first-order valence-corrected chi connectivity index (χ1v) is 8.69. The Kier molecular flexibility index (Phi) is 4.67. The zero-order valence-electron chi connectivity index (χ0n) is 14.7. The van der Waals surface area contributed by atoms with Crippen molar-refractivity contribution in [2.45, 2.75) is 0 Å². The highest BCUT2D eigenvalue weighted by Crippen LogP contribution is 2.25. The smallest absolute Gasteiger partial charge is 0.255 e. The van der Waals surface area contributed by atoms with Gasteiger partial charge in [-0.1, -0.05) is 11.6 Å². The van der Waals surface area contributed by atoms with Crippen LogP contribution in [0.25, 0.3) is 16.7 Å². The summed E-state index contributed by atoms with van der Waals surface area (Å²) in [6, 6.07) is 15.9. The van der Waals surface area contributed by atoms with Crippen LogP contribution in [0.5, 0.6) is 5.75 Å². The Hall–Kier alpha value is -3.45. The Morgan fingerprint density at radius 1 is 1.04 bits per heavy atom. The van der Waals surface area contributed by atoms with Crippen LogP contribution in [0.2, 0.25) is 5.02 Å². The highest BCUT2D eigenvalue weighted by molar-refractivity contribution is 6.32. The van der Waals surface area contributed by atoms with E-state index in [0.717, 1.165) is 0 Å². The standard InChI is InChI=1S/C20H14ClFN4O2/c1-28-19-9-2-12(10-16(19)21)20(27)23-14-5-8-17-18(11-14)25-26(24-17)15-6-3-13(22)4-7-15/h2-11H,1H3,(H,23,27). The molecule has 0 aliphatic rings. The number of hydrogen-bond donors (Lipinski definition) is 1.